The average Bonchev–Trinajstić information content (AvgIpc) is 2.66. The summed E-state index contributed by atoms with van der Waals surface area (Å²) in [5.74, 6) is -0.332. The molecule has 0 saturated carbocycles. The molecule has 3 rings (SSSR count). The Morgan fingerprint density at radius 1 is 1.07 bits per heavy atom. The molecule has 2 N–H and O–H groups in total. The van der Waals surface area contributed by atoms with Gasteiger partial charge in [-0.2, -0.15) is 0 Å². The van der Waals surface area contributed by atoms with Crippen molar-refractivity contribution >= 4 is 11.8 Å². The van der Waals surface area contributed by atoms with Crippen molar-refractivity contribution in [3.8, 4) is 0 Å². The quantitative estimate of drug-likeness (QED) is 0.844. The fourth-order valence-corrected chi connectivity index (χ4v) is 3.71. The van der Waals surface area contributed by atoms with E-state index in [2.05, 4.69) is 22.8 Å². The summed E-state index contributed by atoms with van der Waals surface area (Å²) in [4.78, 5) is 25.6. The summed E-state index contributed by atoms with van der Waals surface area (Å²) in [5, 5.41) is 6.09. The predicted octanol–water partition coefficient (Wildman–Crippen LogP) is 3.94. The van der Waals surface area contributed by atoms with Crippen molar-refractivity contribution in [2.24, 2.45) is 5.92 Å². The van der Waals surface area contributed by atoms with Crippen LogP contribution in [0.4, 0.5) is 0 Å². The molecule has 2 unspecified atom stereocenters. The molecular formula is C23H28N2O2. The van der Waals surface area contributed by atoms with E-state index < -0.39 is 6.04 Å². The Bertz CT molecular complexity index is 829. The van der Waals surface area contributed by atoms with Gasteiger partial charge in [0.15, 0.2) is 0 Å². The van der Waals surface area contributed by atoms with Crippen LogP contribution in [0.2, 0.25) is 0 Å². The lowest BCUT2D eigenvalue weighted by atomic mass is 9.87. The monoisotopic (exact) mass is 364 g/mol. The van der Waals surface area contributed by atoms with Crippen LogP contribution in [0.25, 0.3) is 0 Å². The molecule has 2 atom stereocenters. The molecular weight excluding hydrogens is 336 g/mol. The SMILES string of the molecule is Cc1cccc(C(=O)NC(C(=O)NC2CCCc3ccccc32)C(C)C)c1. The van der Waals surface area contributed by atoms with E-state index in [1.54, 1.807) is 6.07 Å². The summed E-state index contributed by atoms with van der Waals surface area (Å²) in [5.41, 5.74) is 4.10. The van der Waals surface area contributed by atoms with Gasteiger partial charge in [0.05, 0.1) is 6.04 Å². The second-order valence-electron chi connectivity index (χ2n) is 7.72. The molecule has 0 aromatic heterocycles. The van der Waals surface area contributed by atoms with Crippen molar-refractivity contribution in [1.82, 2.24) is 10.6 Å². The summed E-state index contributed by atoms with van der Waals surface area (Å²) in [6.07, 6.45) is 3.05. The van der Waals surface area contributed by atoms with Crippen molar-refractivity contribution in [2.45, 2.75) is 52.1 Å². The summed E-state index contributed by atoms with van der Waals surface area (Å²) in [7, 11) is 0. The molecule has 1 aliphatic rings. The summed E-state index contributed by atoms with van der Waals surface area (Å²) in [6, 6.07) is 15.1. The van der Waals surface area contributed by atoms with E-state index in [1.165, 1.54) is 11.1 Å². The van der Waals surface area contributed by atoms with Crippen molar-refractivity contribution in [1.29, 1.82) is 0 Å². The van der Waals surface area contributed by atoms with Gasteiger partial charge in [0.2, 0.25) is 5.91 Å². The zero-order chi connectivity index (χ0) is 19.4. The van der Waals surface area contributed by atoms with Gasteiger partial charge < -0.3 is 10.6 Å². The molecule has 0 aliphatic heterocycles. The molecule has 0 radical (unpaired) electrons. The normalized spacial score (nSPS) is 17.1. The number of carbonyl (C=O) groups is 2. The third kappa shape index (κ3) is 4.57. The van der Waals surface area contributed by atoms with Gasteiger partial charge in [-0.15, -0.1) is 0 Å². The molecule has 2 aromatic rings. The number of carbonyl (C=O) groups excluding carboxylic acids is 2. The van der Waals surface area contributed by atoms with Crippen LogP contribution in [-0.2, 0) is 11.2 Å². The molecule has 1 aliphatic carbocycles. The van der Waals surface area contributed by atoms with E-state index in [0.29, 0.717) is 5.56 Å². The van der Waals surface area contributed by atoms with Crippen LogP contribution in [-0.4, -0.2) is 17.9 Å². The van der Waals surface area contributed by atoms with Gasteiger partial charge >= 0.3 is 0 Å². The van der Waals surface area contributed by atoms with E-state index in [4.69, 9.17) is 0 Å². The average molecular weight is 364 g/mol. The Hall–Kier alpha value is -2.62. The maximum absolute atomic E-state index is 13.0. The van der Waals surface area contributed by atoms with E-state index in [1.807, 2.05) is 51.1 Å². The van der Waals surface area contributed by atoms with Crippen LogP contribution < -0.4 is 10.6 Å². The summed E-state index contributed by atoms with van der Waals surface area (Å²) >= 11 is 0. The highest BCUT2D eigenvalue weighted by Crippen LogP contribution is 2.29. The van der Waals surface area contributed by atoms with Crippen LogP contribution in [0.5, 0.6) is 0 Å². The minimum absolute atomic E-state index is 0.00223. The molecule has 142 valence electrons. The Balaban J connectivity index is 1.72. The van der Waals surface area contributed by atoms with Gasteiger partial charge in [-0.1, -0.05) is 55.8 Å². The highest BCUT2D eigenvalue weighted by Gasteiger charge is 2.28. The lowest BCUT2D eigenvalue weighted by Crippen LogP contribution is -2.50. The van der Waals surface area contributed by atoms with Crippen LogP contribution >= 0.6 is 0 Å². The molecule has 4 nitrogen and oxygen atoms in total. The fourth-order valence-electron chi connectivity index (χ4n) is 3.71. The van der Waals surface area contributed by atoms with Gasteiger partial charge in [-0.3, -0.25) is 9.59 Å². The summed E-state index contributed by atoms with van der Waals surface area (Å²) in [6.45, 7) is 5.86. The van der Waals surface area contributed by atoms with Crippen molar-refractivity contribution in [3.63, 3.8) is 0 Å². The van der Waals surface area contributed by atoms with Gasteiger partial charge in [0.25, 0.3) is 5.91 Å². The Kier molecular flexibility index (Phi) is 5.94. The molecule has 2 aromatic carbocycles. The van der Waals surface area contributed by atoms with E-state index in [9.17, 15) is 9.59 Å². The van der Waals surface area contributed by atoms with E-state index in [-0.39, 0.29) is 23.8 Å². The highest BCUT2D eigenvalue weighted by atomic mass is 16.2. The minimum atomic E-state index is -0.563. The Morgan fingerprint density at radius 3 is 2.59 bits per heavy atom. The minimum Gasteiger partial charge on any atom is -0.347 e. The van der Waals surface area contributed by atoms with Gasteiger partial charge in [0.1, 0.15) is 6.04 Å². The molecule has 0 heterocycles. The zero-order valence-corrected chi connectivity index (χ0v) is 16.3. The lowest BCUT2D eigenvalue weighted by Gasteiger charge is -2.29. The number of benzene rings is 2. The first kappa shape index (κ1) is 19.2. The molecule has 0 spiro atoms. The second-order valence-corrected chi connectivity index (χ2v) is 7.72. The number of hydrogen-bond donors (Lipinski definition) is 2. The molecule has 4 heteroatoms. The fraction of sp³-hybridized carbons (Fsp3) is 0.391. The van der Waals surface area contributed by atoms with Crippen LogP contribution in [0.15, 0.2) is 48.5 Å². The van der Waals surface area contributed by atoms with Crippen LogP contribution in [0.3, 0.4) is 0 Å². The first-order chi connectivity index (χ1) is 13.0. The zero-order valence-electron chi connectivity index (χ0n) is 16.3. The van der Waals surface area contributed by atoms with Crippen molar-refractivity contribution < 1.29 is 9.59 Å². The number of rotatable bonds is 5. The number of nitrogens with one attached hydrogen (secondary N) is 2. The van der Waals surface area contributed by atoms with Gasteiger partial charge in [0, 0.05) is 5.56 Å². The maximum atomic E-state index is 13.0. The number of fused-ring (bicyclic) bond motifs is 1. The van der Waals surface area contributed by atoms with Gasteiger partial charge in [-0.05, 0) is 55.4 Å². The Morgan fingerprint density at radius 2 is 1.85 bits per heavy atom. The predicted molar refractivity (Wildman–Crippen MR) is 108 cm³/mol. The first-order valence-corrected chi connectivity index (χ1v) is 9.71. The molecule has 2 amide bonds. The highest BCUT2D eigenvalue weighted by molar-refractivity contribution is 5.97. The van der Waals surface area contributed by atoms with E-state index >= 15 is 0 Å². The topological polar surface area (TPSA) is 58.2 Å². The Labute approximate surface area is 161 Å². The van der Waals surface area contributed by atoms with Crippen molar-refractivity contribution in [3.05, 3.63) is 70.8 Å². The van der Waals surface area contributed by atoms with Crippen LogP contribution in [0, 0.1) is 12.8 Å². The lowest BCUT2D eigenvalue weighted by molar-refractivity contribution is -0.124. The third-order valence-electron chi connectivity index (χ3n) is 5.20. The van der Waals surface area contributed by atoms with E-state index in [0.717, 1.165) is 24.8 Å². The molecule has 27 heavy (non-hydrogen) atoms. The van der Waals surface area contributed by atoms with Crippen LogP contribution in [0.1, 0.15) is 59.8 Å². The first-order valence-electron chi connectivity index (χ1n) is 9.71. The molecule has 0 saturated heterocycles. The smallest absolute Gasteiger partial charge is 0.251 e. The largest absolute Gasteiger partial charge is 0.347 e. The van der Waals surface area contributed by atoms with Gasteiger partial charge in [-0.25, -0.2) is 0 Å². The number of amides is 2. The number of aryl methyl sites for hydroxylation is 2. The third-order valence-corrected chi connectivity index (χ3v) is 5.20. The molecule has 0 bridgehead atoms. The number of hydrogen-bond acceptors (Lipinski definition) is 2. The standard InChI is InChI=1S/C23H28N2O2/c1-15(2)21(25-22(26)18-11-6-8-16(3)14-18)23(27)24-20-13-7-10-17-9-4-5-12-19(17)20/h4-6,8-9,11-12,14-15,20-21H,7,10,13H2,1-3H3,(H,24,27)(H,25,26). The summed E-state index contributed by atoms with van der Waals surface area (Å²) < 4.78 is 0. The maximum Gasteiger partial charge on any atom is 0.251 e. The second kappa shape index (κ2) is 8.38. The van der Waals surface area contributed by atoms with Crippen molar-refractivity contribution in [2.75, 3.05) is 0 Å². The molecule has 0 fully saturated rings.